The third kappa shape index (κ3) is 7.72. The van der Waals surface area contributed by atoms with Gasteiger partial charge in [-0.3, -0.25) is 0 Å². The first-order valence-electron chi connectivity index (χ1n) is 8.33. The number of sulfonamides is 1. The molecule has 10 heteroatoms. The molecule has 7 nitrogen and oxygen atoms in total. The van der Waals surface area contributed by atoms with Crippen molar-refractivity contribution in [2.75, 3.05) is 45.1 Å². The number of morpholine rings is 1. The summed E-state index contributed by atoms with van der Waals surface area (Å²) in [4.78, 5) is 4.36. The van der Waals surface area contributed by atoms with E-state index in [1.807, 2.05) is 6.92 Å². The molecule has 1 saturated heterocycles. The van der Waals surface area contributed by atoms with E-state index in [-0.39, 0.29) is 42.1 Å². The summed E-state index contributed by atoms with van der Waals surface area (Å²) in [5, 5.41) is 6.06. The Labute approximate surface area is 171 Å². The molecule has 1 heterocycles. The van der Waals surface area contributed by atoms with E-state index < -0.39 is 10.0 Å². The van der Waals surface area contributed by atoms with E-state index in [4.69, 9.17) is 4.74 Å². The van der Waals surface area contributed by atoms with Gasteiger partial charge < -0.3 is 15.4 Å². The van der Waals surface area contributed by atoms with E-state index in [2.05, 4.69) is 15.6 Å². The standard InChI is InChI=1S/C16H25FN4O3S.HI/c1-2-18-16(20-13-14-4-3-5-15(17)12-14)19-6-11-25(22,23)21-7-9-24-10-8-21;/h3-5,12H,2,6-11,13H2,1H3,(H2,18,19,20);1H. The molecule has 1 aromatic rings. The van der Waals surface area contributed by atoms with E-state index in [0.29, 0.717) is 45.4 Å². The fourth-order valence-electron chi connectivity index (χ4n) is 2.40. The number of halogens is 2. The topological polar surface area (TPSA) is 83.0 Å². The van der Waals surface area contributed by atoms with Crippen LogP contribution in [-0.2, 0) is 21.3 Å². The molecular formula is C16H26FIN4O3S. The van der Waals surface area contributed by atoms with Crippen LogP contribution in [0.4, 0.5) is 4.39 Å². The lowest BCUT2D eigenvalue weighted by Gasteiger charge is -2.26. The van der Waals surface area contributed by atoms with Crippen LogP contribution in [0.1, 0.15) is 12.5 Å². The number of guanidine groups is 1. The highest BCUT2D eigenvalue weighted by Gasteiger charge is 2.23. The van der Waals surface area contributed by atoms with Gasteiger partial charge in [-0.1, -0.05) is 12.1 Å². The van der Waals surface area contributed by atoms with Crippen LogP contribution in [0.5, 0.6) is 0 Å². The van der Waals surface area contributed by atoms with E-state index in [1.54, 1.807) is 12.1 Å². The zero-order valence-electron chi connectivity index (χ0n) is 14.8. The molecule has 1 aliphatic rings. The highest BCUT2D eigenvalue weighted by molar-refractivity contribution is 14.0. The van der Waals surface area contributed by atoms with Gasteiger partial charge in [0.2, 0.25) is 10.0 Å². The van der Waals surface area contributed by atoms with Gasteiger partial charge in [-0.05, 0) is 24.6 Å². The molecule has 0 atom stereocenters. The summed E-state index contributed by atoms with van der Waals surface area (Å²) in [6.07, 6.45) is 0. The molecular weight excluding hydrogens is 474 g/mol. The van der Waals surface area contributed by atoms with Gasteiger partial charge in [-0.25, -0.2) is 17.8 Å². The van der Waals surface area contributed by atoms with Gasteiger partial charge in [0.15, 0.2) is 5.96 Å². The van der Waals surface area contributed by atoms with Crippen molar-refractivity contribution in [3.05, 3.63) is 35.6 Å². The Hall–Kier alpha value is -0.980. The first-order valence-corrected chi connectivity index (χ1v) is 9.94. The normalized spacial score (nSPS) is 16.0. The van der Waals surface area contributed by atoms with Crippen LogP contribution in [0.3, 0.4) is 0 Å². The van der Waals surface area contributed by atoms with Crippen LogP contribution in [0.2, 0.25) is 0 Å². The minimum absolute atomic E-state index is 0. The van der Waals surface area contributed by atoms with E-state index >= 15 is 0 Å². The average molecular weight is 500 g/mol. The zero-order valence-corrected chi connectivity index (χ0v) is 17.9. The Kier molecular flexibility index (Phi) is 10.4. The van der Waals surface area contributed by atoms with Gasteiger partial charge in [0, 0.05) is 26.2 Å². The summed E-state index contributed by atoms with van der Waals surface area (Å²) in [6.45, 7) is 4.79. The second kappa shape index (κ2) is 11.7. The zero-order chi connectivity index (χ0) is 18.1. The Morgan fingerprint density at radius 1 is 1.31 bits per heavy atom. The van der Waals surface area contributed by atoms with Crippen molar-refractivity contribution in [1.82, 2.24) is 14.9 Å². The molecule has 2 N–H and O–H groups in total. The van der Waals surface area contributed by atoms with Crippen molar-refractivity contribution < 1.29 is 17.5 Å². The van der Waals surface area contributed by atoms with Gasteiger partial charge in [-0.2, -0.15) is 4.31 Å². The first-order chi connectivity index (χ1) is 12.0. The predicted octanol–water partition coefficient (Wildman–Crippen LogP) is 1.16. The predicted molar refractivity (Wildman–Crippen MR) is 111 cm³/mol. The van der Waals surface area contributed by atoms with Crippen LogP contribution in [0, 0.1) is 5.82 Å². The maximum Gasteiger partial charge on any atom is 0.215 e. The molecule has 1 fully saturated rings. The molecule has 0 spiro atoms. The largest absolute Gasteiger partial charge is 0.379 e. The van der Waals surface area contributed by atoms with E-state index in [0.717, 1.165) is 5.56 Å². The number of ether oxygens (including phenoxy) is 1. The number of nitrogens with one attached hydrogen (secondary N) is 2. The van der Waals surface area contributed by atoms with E-state index in [9.17, 15) is 12.8 Å². The second-order valence-electron chi connectivity index (χ2n) is 5.58. The fraction of sp³-hybridized carbons (Fsp3) is 0.562. The highest BCUT2D eigenvalue weighted by atomic mass is 127. The van der Waals surface area contributed by atoms with Crippen molar-refractivity contribution in [2.45, 2.75) is 13.5 Å². The number of benzene rings is 1. The lowest BCUT2D eigenvalue weighted by Crippen LogP contribution is -2.45. The van der Waals surface area contributed by atoms with Crippen LogP contribution >= 0.6 is 24.0 Å². The number of hydrogen-bond acceptors (Lipinski definition) is 4. The van der Waals surface area contributed by atoms with Gasteiger partial charge in [0.05, 0.1) is 25.5 Å². The van der Waals surface area contributed by atoms with Crippen molar-refractivity contribution >= 4 is 40.0 Å². The third-order valence-electron chi connectivity index (χ3n) is 3.67. The fourth-order valence-corrected chi connectivity index (χ4v) is 3.72. The molecule has 1 aliphatic heterocycles. The molecule has 1 aromatic carbocycles. The van der Waals surface area contributed by atoms with Crippen LogP contribution in [0.15, 0.2) is 29.3 Å². The van der Waals surface area contributed by atoms with Crippen LogP contribution in [-0.4, -0.2) is 63.8 Å². The lowest BCUT2D eigenvalue weighted by atomic mass is 10.2. The molecule has 0 unspecified atom stereocenters. The summed E-state index contributed by atoms with van der Waals surface area (Å²) >= 11 is 0. The SMILES string of the molecule is CCNC(=NCc1cccc(F)c1)NCCS(=O)(=O)N1CCOCC1.I. The minimum atomic E-state index is -3.31. The average Bonchev–Trinajstić information content (AvgIpc) is 2.60. The third-order valence-corrected chi connectivity index (χ3v) is 5.54. The second-order valence-corrected chi connectivity index (χ2v) is 7.67. The number of rotatable bonds is 7. The summed E-state index contributed by atoms with van der Waals surface area (Å²) in [5.41, 5.74) is 0.748. The lowest BCUT2D eigenvalue weighted by molar-refractivity contribution is 0.0730. The minimum Gasteiger partial charge on any atom is -0.379 e. The Balaban J connectivity index is 0.00000338. The summed E-state index contributed by atoms with van der Waals surface area (Å²) in [5.74, 6) is 0.184. The van der Waals surface area contributed by atoms with Gasteiger partial charge >= 0.3 is 0 Å². The molecule has 0 saturated carbocycles. The maximum absolute atomic E-state index is 13.2. The van der Waals surface area contributed by atoms with Crippen molar-refractivity contribution in [2.24, 2.45) is 4.99 Å². The van der Waals surface area contributed by atoms with Crippen molar-refractivity contribution in [1.29, 1.82) is 0 Å². The van der Waals surface area contributed by atoms with Crippen molar-refractivity contribution in [3.8, 4) is 0 Å². The highest BCUT2D eigenvalue weighted by Crippen LogP contribution is 2.06. The van der Waals surface area contributed by atoms with Gasteiger partial charge in [0.25, 0.3) is 0 Å². The van der Waals surface area contributed by atoms with Crippen LogP contribution in [0.25, 0.3) is 0 Å². The molecule has 0 aromatic heterocycles. The molecule has 2 rings (SSSR count). The Morgan fingerprint density at radius 2 is 2.04 bits per heavy atom. The monoisotopic (exact) mass is 500 g/mol. The molecule has 0 aliphatic carbocycles. The Bertz CT molecular complexity index is 682. The summed E-state index contributed by atoms with van der Waals surface area (Å²) < 4.78 is 44.4. The smallest absolute Gasteiger partial charge is 0.215 e. The Morgan fingerprint density at radius 3 is 2.69 bits per heavy atom. The van der Waals surface area contributed by atoms with Gasteiger partial charge in [-0.15, -0.1) is 24.0 Å². The maximum atomic E-state index is 13.2. The number of nitrogens with zero attached hydrogens (tertiary/aromatic N) is 2. The summed E-state index contributed by atoms with van der Waals surface area (Å²) in [7, 11) is -3.31. The molecule has 148 valence electrons. The van der Waals surface area contributed by atoms with Gasteiger partial charge in [0.1, 0.15) is 5.82 Å². The van der Waals surface area contributed by atoms with Crippen LogP contribution < -0.4 is 10.6 Å². The summed E-state index contributed by atoms with van der Waals surface area (Å²) in [6, 6.07) is 6.23. The molecule has 0 radical (unpaired) electrons. The first kappa shape index (κ1) is 23.1. The number of aliphatic imine (C=N–C) groups is 1. The van der Waals surface area contributed by atoms with Crippen molar-refractivity contribution in [3.63, 3.8) is 0 Å². The molecule has 0 bridgehead atoms. The molecule has 0 amide bonds. The number of hydrogen-bond donors (Lipinski definition) is 2. The molecule has 26 heavy (non-hydrogen) atoms. The van der Waals surface area contributed by atoms with E-state index in [1.165, 1.54) is 16.4 Å². The quantitative estimate of drug-likeness (QED) is 0.334.